The van der Waals surface area contributed by atoms with Crippen molar-refractivity contribution >= 4 is 17.4 Å². The Hall–Kier alpha value is -3.38. The molecule has 6 nitrogen and oxygen atoms in total. The van der Waals surface area contributed by atoms with Gasteiger partial charge in [0.05, 0.1) is 11.4 Å². The molecular formula is C22H24N4O2. The maximum absolute atomic E-state index is 11.8. The summed E-state index contributed by atoms with van der Waals surface area (Å²) in [5.41, 5.74) is 11.0. The molecule has 6 heteroatoms. The quantitative estimate of drug-likeness (QED) is 0.516. The minimum absolute atomic E-state index is 0.390. The fraction of sp³-hybridized carbons (Fsp3) is 0.182. The lowest BCUT2D eigenvalue weighted by Crippen LogP contribution is -2.24. The second-order valence-corrected chi connectivity index (χ2v) is 6.53. The third-order valence-corrected chi connectivity index (χ3v) is 4.44. The molecule has 0 fully saturated rings. The SMILES string of the molecule is CCCN(Cc1ccccc1)c1cc(NO)cc(-c2ccccc2C(N)=O)n1. The summed E-state index contributed by atoms with van der Waals surface area (Å²) >= 11 is 0. The minimum atomic E-state index is -0.518. The summed E-state index contributed by atoms with van der Waals surface area (Å²) in [5.74, 6) is 0.190. The van der Waals surface area contributed by atoms with Crippen LogP contribution in [0.2, 0.25) is 0 Å². The molecule has 0 radical (unpaired) electrons. The van der Waals surface area contributed by atoms with Gasteiger partial charge in [0.25, 0.3) is 0 Å². The number of amides is 1. The molecule has 1 heterocycles. The number of nitrogens with two attached hydrogens (primary N) is 1. The van der Waals surface area contributed by atoms with E-state index in [4.69, 9.17) is 10.7 Å². The van der Waals surface area contributed by atoms with E-state index in [1.165, 1.54) is 5.56 Å². The average Bonchev–Trinajstić information content (AvgIpc) is 2.73. The molecule has 0 aliphatic carbocycles. The summed E-state index contributed by atoms with van der Waals surface area (Å²) in [5, 5.41) is 9.53. The number of nitrogens with zero attached hydrogens (tertiary/aromatic N) is 2. The fourth-order valence-electron chi connectivity index (χ4n) is 3.15. The largest absolute Gasteiger partial charge is 0.366 e. The molecule has 28 heavy (non-hydrogen) atoms. The second-order valence-electron chi connectivity index (χ2n) is 6.53. The Morgan fingerprint density at radius 1 is 1.11 bits per heavy atom. The van der Waals surface area contributed by atoms with Gasteiger partial charge in [-0.15, -0.1) is 0 Å². The molecule has 0 bridgehead atoms. The van der Waals surface area contributed by atoms with Crippen LogP contribution in [0.25, 0.3) is 11.3 Å². The first-order chi connectivity index (χ1) is 13.6. The first kappa shape index (κ1) is 19.4. The maximum atomic E-state index is 11.8. The minimum Gasteiger partial charge on any atom is -0.366 e. The van der Waals surface area contributed by atoms with E-state index in [0.29, 0.717) is 34.9 Å². The fourth-order valence-corrected chi connectivity index (χ4v) is 3.15. The zero-order chi connectivity index (χ0) is 19.9. The Bertz CT molecular complexity index is 944. The van der Waals surface area contributed by atoms with E-state index < -0.39 is 5.91 Å². The van der Waals surface area contributed by atoms with E-state index >= 15 is 0 Å². The van der Waals surface area contributed by atoms with E-state index in [1.807, 2.05) is 24.3 Å². The lowest BCUT2D eigenvalue weighted by Gasteiger charge is -2.24. The van der Waals surface area contributed by atoms with Crippen LogP contribution in [0.15, 0.2) is 66.7 Å². The summed E-state index contributed by atoms with van der Waals surface area (Å²) in [7, 11) is 0. The summed E-state index contributed by atoms with van der Waals surface area (Å²) in [6, 6.07) is 20.7. The summed E-state index contributed by atoms with van der Waals surface area (Å²) in [6.45, 7) is 3.59. The highest BCUT2D eigenvalue weighted by Gasteiger charge is 2.15. The smallest absolute Gasteiger partial charge is 0.249 e. The van der Waals surface area contributed by atoms with Gasteiger partial charge >= 0.3 is 0 Å². The molecule has 4 N–H and O–H groups in total. The molecule has 0 saturated heterocycles. The molecule has 3 aromatic rings. The lowest BCUT2D eigenvalue weighted by molar-refractivity contribution is 0.100. The molecular weight excluding hydrogens is 352 g/mol. The standard InChI is InChI=1S/C22H24N4O2/c1-2-12-26(15-16-8-4-3-5-9-16)21-14-17(25-28)13-20(24-21)18-10-6-7-11-19(18)22(23)27/h3-11,13-14,28H,2,12,15H2,1H3,(H2,23,27)(H,24,25). The van der Waals surface area contributed by atoms with Gasteiger partial charge in [-0.2, -0.15) is 0 Å². The maximum Gasteiger partial charge on any atom is 0.249 e. The summed E-state index contributed by atoms with van der Waals surface area (Å²) < 4.78 is 0. The van der Waals surface area contributed by atoms with Gasteiger partial charge in [0.15, 0.2) is 0 Å². The van der Waals surface area contributed by atoms with E-state index in [2.05, 4.69) is 29.4 Å². The molecule has 0 unspecified atom stereocenters. The van der Waals surface area contributed by atoms with Crippen molar-refractivity contribution in [3.8, 4) is 11.3 Å². The molecule has 144 valence electrons. The Balaban J connectivity index is 2.05. The van der Waals surface area contributed by atoms with Crippen LogP contribution in [-0.4, -0.2) is 22.6 Å². The van der Waals surface area contributed by atoms with Crippen LogP contribution < -0.4 is 16.1 Å². The van der Waals surface area contributed by atoms with Crippen molar-refractivity contribution < 1.29 is 10.0 Å². The van der Waals surface area contributed by atoms with Crippen molar-refractivity contribution in [3.63, 3.8) is 0 Å². The van der Waals surface area contributed by atoms with E-state index in [-0.39, 0.29) is 0 Å². The monoisotopic (exact) mass is 376 g/mol. The van der Waals surface area contributed by atoms with Gasteiger partial charge in [-0.05, 0) is 24.1 Å². The van der Waals surface area contributed by atoms with Crippen molar-refractivity contribution in [2.45, 2.75) is 19.9 Å². The van der Waals surface area contributed by atoms with Crippen molar-refractivity contribution in [1.29, 1.82) is 0 Å². The number of hydrogen-bond donors (Lipinski definition) is 3. The third-order valence-electron chi connectivity index (χ3n) is 4.44. The van der Waals surface area contributed by atoms with Gasteiger partial charge < -0.3 is 10.6 Å². The Morgan fingerprint density at radius 2 is 1.82 bits per heavy atom. The van der Waals surface area contributed by atoms with Crippen molar-refractivity contribution in [1.82, 2.24) is 4.98 Å². The first-order valence-electron chi connectivity index (χ1n) is 9.22. The van der Waals surface area contributed by atoms with Crippen LogP contribution in [0.3, 0.4) is 0 Å². The number of carbonyl (C=O) groups is 1. The highest BCUT2D eigenvalue weighted by molar-refractivity contribution is 5.99. The molecule has 1 aromatic heterocycles. The zero-order valence-corrected chi connectivity index (χ0v) is 15.8. The van der Waals surface area contributed by atoms with E-state index in [9.17, 15) is 10.0 Å². The number of carbonyl (C=O) groups excluding carboxylic acids is 1. The van der Waals surface area contributed by atoms with Gasteiger partial charge in [-0.1, -0.05) is 55.5 Å². The van der Waals surface area contributed by atoms with Gasteiger partial charge in [-0.25, -0.2) is 4.98 Å². The van der Waals surface area contributed by atoms with Crippen LogP contribution in [0.4, 0.5) is 11.5 Å². The number of hydrogen-bond acceptors (Lipinski definition) is 5. The van der Waals surface area contributed by atoms with Gasteiger partial charge in [0.1, 0.15) is 5.82 Å². The van der Waals surface area contributed by atoms with Crippen molar-refractivity contribution in [2.24, 2.45) is 5.73 Å². The van der Waals surface area contributed by atoms with Crippen LogP contribution in [0, 0.1) is 0 Å². The molecule has 0 aliphatic rings. The zero-order valence-electron chi connectivity index (χ0n) is 15.8. The molecule has 0 saturated carbocycles. The molecule has 0 atom stereocenters. The number of primary amides is 1. The highest BCUT2D eigenvalue weighted by atomic mass is 16.5. The summed E-state index contributed by atoms with van der Waals surface area (Å²) in [4.78, 5) is 18.8. The lowest BCUT2D eigenvalue weighted by atomic mass is 10.0. The molecule has 3 rings (SSSR count). The molecule has 0 spiro atoms. The van der Waals surface area contributed by atoms with E-state index in [0.717, 1.165) is 13.0 Å². The van der Waals surface area contributed by atoms with Gasteiger partial charge in [0, 0.05) is 30.3 Å². The average molecular weight is 376 g/mol. The first-order valence-corrected chi connectivity index (χ1v) is 9.22. The predicted molar refractivity (Wildman–Crippen MR) is 111 cm³/mol. The number of nitrogens with one attached hydrogen (secondary N) is 1. The number of rotatable bonds is 8. The Kier molecular flexibility index (Phi) is 6.24. The van der Waals surface area contributed by atoms with Gasteiger partial charge in [0.2, 0.25) is 5.91 Å². The van der Waals surface area contributed by atoms with Crippen LogP contribution in [-0.2, 0) is 6.54 Å². The van der Waals surface area contributed by atoms with Crippen LogP contribution in [0.1, 0.15) is 29.3 Å². The van der Waals surface area contributed by atoms with Crippen molar-refractivity contribution in [3.05, 3.63) is 77.9 Å². The molecule has 0 aliphatic heterocycles. The Morgan fingerprint density at radius 3 is 2.50 bits per heavy atom. The third kappa shape index (κ3) is 4.47. The normalized spacial score (nSPS) is 10.5. The summed E-state index contributed by atoms with van der Waals surface area (Å²) in [6.07, 6.45) is 0.943. The van der Waals surface area contributed by atoms with Gasteiger partial charge in [-0.3, -0.25) is 15.5 Å². The molecule has 1 amide bonds. The number of benzene rings is 2. The number of anilines is 2. The van der Waals surface area contributed by atoms with Crippen LogP contribution in [0.5, 0.6) is 0 Å². The van der Waals surface area contributed by atoms with Crippen molar-refractivity contribution in [2.75, 3.05) is 16.9 Å². The number of aromatic nitrogens is 1. The van der Waals surface area contributed by atoms with Crippen LogP contribution >= 0.6 is 0 Å². The Labute approximate surface area is 164 Å². The second kappa shape index (κ2) is 9.01. The van der Waals surface area contributed by atoms with E-state index in [1.54, 1.807) is 30.3 Å². The highest BCUT2D eigenvalue weighted by Crippen LogP contribution is 2.28. The topological polar surface area (TPSA) is 91.5 Å². The predicted octanol–water partition coefficient (Wildman–Crippen LogP) is 4.07. The molecule has 2 aromatic carbocycles. The number of pyridine rings is 1.